The van der Waals surface area contributed by atoms with Crippen LogP contribution >= 0.6 is 0 Å². The summed E-state index contributed by atoms with van der Waals surface area (Å²) in [6.45, 7) is 2.46. The lowest BCUT2D eigenvalue weighted by Crippen LogP contribution is -2.29. The number of halogens is 1. The van der Waals surface area contributed by atoms with E-state index in [-0.39, 0.29) is 0 Å². The van der Waals surface area contributed by atoms with Crippen molar-refractivity contribution in [2.75, 3.05) is 7.11 Å². The number of hydrogen-bond donors (Lipinski definition) is 1. The maximum Gasteiger partial charge on any atom is 0.313 e. The Bertz CT molecular complexity index is 399. The SMILES string of the molecule is COc1c(CF)cccc1C(C)(C)C(=O)O. The van der Waals surface area contributed by atoms with E-state index in [0.29, 0.717) is 16.9 Å². The van der Waals surface area contributed by atoms with Crippen LogP contribution in [0.3, 0.4) is 0 Å². The summed E-state index contributed by atoms with van der Waals surface area (Å²) in [5.74, 6) is -0.654. The summed E-state index contributed by atoms with van der Waals surface area (Å²) in [5, 5.41) is 9.13. The zero-order chi connectivity index (χ0) is 12.3. The second kappa shape index (κ2) is 4.51. The number of aliphatic carboxylic acids is 1. The van der Waals surface area contributed by atoms with Crippen LogP contribution in [0.15, 0.2) is 18.2 Å². The molecule has 1 aromatic carbocycles. The van der Waals surface area contributed by atoms with E-state index in [4.69, 9.17) is 9.84 Å². The fraction of sp³-hybridized carbons (Fsp3) is 0.417. The number of para-hydroxylation sites is 1. The molecule has 0 fully saturated rings. The van der Waals surface area contributed by atoms with Gasteiger partial charge in [-0.25, -0.2) is 4.39 Å². The minimum absolute atomic E-state index is 0.317. The quantitative estimate of drug-likeness (QED) is 0.858. The van der Waals surface area contributed by atoms with E-state index in [1.165, 1.54) is 7.11 Å². The van der Waals surface area contributed by atoms with Crippen LogP contribution in [0.1, 0.15) is 25.0 Å². The van der Waals surface area contributed by atoms with E-state index in [1.54, 1.807) is 32.0 Å². The van der Waals surface area contributed by atoms with Crippen molar-refractivity contribution >= 4 is 5.97 Å². The van der Waals surface area contributed by atoms with Crippen LogP contribution in [-0.2, 0) is 16.9 Å². The summed E-state index contributed by atoms with van der Waals surface area (Å²) < 4.78 is 17.8. The molecule has 16 heavy (non-hydrogen) atoms. The highest BCUT2D eigenvalue weighted by Crippen LogP contribution is 2.34. The Kier molecular flexibility index (Phi) is 3.52. The molecule has 0 amide bonds. The lowest BCUT2D eigenvalue weighted by molar-refractivity contribution is -0.142. The Labute approximate surface area is 93.9 Å². The van der Waals surface area contributed by atoms with Gasteiger partial charge in [0.1, 0.15) is 12.4 Å². The summed E-state index contributed by atoms with van der Waals surface area (Å²) in [6.07, 6.45) is 0. The molecule has 0 aliphatic rings. The molecule has 1 N–H and O–H groups in total. The fourth-order valence-corrected chi connectivity index (χ4v) is 1.54. The lowest BCUT2D eigenvalue weighted by Gasteiger charge is -2.23. The predicted octanol–water partition coefficient (Wildman–Crippen LogP) is 2.53. The summed E-state index contributed by atoms with van der Waals surface area (Å²) in [6, 6.07) is 4.86. The number of alkyl halides is 1. The fourth-order valence-electron chi connectivity index (χ4n) is 1.54. The highest BCUT2D eigenvalue weighted by molar-refractivity contribution is 5.81. The number of rotatable bonds is 4. The first-order chi connectivity index (χ1) is 7.45. The van der Waals surface area contributed by atoms with Gasteiger partial charge in [0, 0.05) is 11.1 Å². The number of ether oxygens (including phenoxy) is 1. The van der Waals surface area contributed by atoms with Crippen molar-refractivity contribution in [3.05, 3.63) is 29.3 Å². The normalized spacial score (nSPS) is 11.2. The standard InChI is InChI=1S/C12H15FO3/c1-12(2,11(14)15)9-6-4-5-8(7-13)10(9)16-3/h4-6H,7H2,1-3H3,(H,14,15). The van der Waals surface area contributed by atoms with Crippen LogP contribution < -0.4 is 4.74 Å². The average Bonchev–Trinajstić information content (AvgIpc) is 2.27. The van der Waals surface area contributed by atoms with E-state index in [9.17, 15) is 9.18 Å². The van der Waals surface area contributed by atoms with Crippen LogP contribution in [0.4, 0.5) is 4.39 Å². The van der Waals surface area contributed by atoms with Crippen molar-refractivity contribution in [2.45, 2.75) is 25.9 Å². The minimum atomic E-state index is -1.10. The molecule has 0 atom stereocenters. The summed E-state index contributed by atoms with van der Waals surface area (Å²) in [4.78, 5) is 11.1. The Balaban J connectivity index is 3.39. The molecule has 0 heterocycles. The van der Waals surface area contributed by atoms with Gasteiger partial charge in [0.15, 0.2) is 0 Å². The van der Waals surface area contributed by atoms with Gasteiger partial charge in [-0.15, -0.1) is 0 Å². The number of carboxylic acids is 1. The van der Waals surface area contributed by atoms with E-state index >= 15 is 0 Å². The molecule has 0 aliphatic carbocycles. The van der Waals surface area contributed by atoms with Gasteiger partial charge in [-0.2, -0.15) is 0 Å². The molecule has 0 bridgehead atoms. The number of carbonyl (C=O) groups is 1. The van der Waals surface area contributed by atoms with Gasteiger partial charge in [-0.1, -0.05) is 18.2 Å². The topological polar surface area (TPSA) is 46.5 Å². The second-order valence-electron chi connectivity index (χ2n) is 4.06. The molecule has 1 rings (SSSR count). The number of carboxylic acid groups (broad SMARTS) is 1. The third-order valence-corrected chi connectivity index (χ3v) is 2.65. The minimum Gasteiger partial charge on any atom is -0.496 e. The third kappa shape index (κ3) is 2.01. The number of hydrogen-bond acceptors (Lipinski definition) is 2. The summed E-state index contributed by atoms with van der Waals surface area (Å²) in [7, 11) is 1.41. The van der Waals surface area contributed by atoms with Gasteiger partial charge >= 0.3 is 5.97 Å². The van der Waals surface area contributed by atoms with Crippen LogP contribution in [0.5, 0.6) is 5.75 Å². The molecule has 0 saturated carbocycles. The zero-order valence-electron chi connectivity index (χ0n) is 9.58. The van der Waals surface area contributed by atoms with Crippen LogP contribution in [0.25, 0.3) is 0 Å². The first-order valence-corrected chi connectivity index (χ1v) is 4.90. The molecule has 0 radical (unpaired) electrons. The van der Waals surface area contributed by atoms with Gasteiger partial charge in [-0.05, 0) is 13.8 Å². The van der Waals surface area contributed by atoms with Crippen LogP contribution in [-0.4, -0.2) is 18.2 Å². The maximum atomic E-state index is 12.7. The smallest absolute Gasteiger partial charge is 0.313 e. The maximum absolute atomic E-state index is 12.7. The van der Waals surface area contributed by atoms with Crippen molar-refractivity contribution in [3.8, 4) is 5.75 Å². The Morgan fingerprint density at radius 2 is 2.12 bits per heavy atom. The van der Waals surface area contributed by atoms with E-state index in [0.717, 1.165) is 0 Å². The Morgan fingerprint density at radius 1 is 1.50 bits per heavy atom. The van der Waals surface area contributed by atoms with E-state index in [2.05, 4.69) is 0 Å². The van der Waals surface area contributed by atoms with E-state index in [1.807, 2.05) is 0 Å². The van der Waals surface area contributed by atoms with Crippen molar-refractivity contribution in [2.24, 2.45) is 0 Å². The van der Waals surface area contributed by atoms with Gasteiger partial charge in [-0.3, -0.25) is 4.79 Å². The Hall–Kier alpha value is -1.58. The molecule has 0 saturated heterocycles. The summed E-state index contributed by atoms with van der Waals surface area (Å²) >= 11 is 0. The number of benzene rings is 1. The predicted molar refractivity (Wildman–Crippen MR) is 58.5 cm³/mol. The molecule has 0 aromatic heterocycles. The van der Waals surface area contributed by atoms with E-state index < -0.39 is 18.1 Å². The molecule has 4 heteroatoms. The zero-order valence-corrected chi connectivity index (χ0v) is 9.58. The lowest BCUT2D eigenvalue weighted by atomic mass is 9.83. The van der Waals surface area contributed by atoms with Crippen LogP contribution in [0, 0.1) is 0 Å². The molecule has 3 nitrogen and oxygen atoms in total. The third-order valence-electron chi connectivity index (χ3n) is 2.65. The first kappa shape index (κ1) is 12.5. The average molecular weight is 226 g/mol. The van der Waals surface area contributed by atoms with Crippen molar-refractivity contribution < 1.29 is 19.0 Å². The molecule has 0 unspecified atom stereocenters. The van der Waals surface area contributed by atoms with Gasteiger partial charge < -0.3 is 9.84 Å². The van der Waals surface area contributed by atoms with Gasteiger partial charge in [0.05, 0.1) is 12.5 Å². The molecular formula is C12H15FO3. The highest BCUT2D eigenvalue weighted by Gasteiger charge is 2.33. The monoisotopic (exact) mass is 226 g/mol. The molecule has 0 aliphatic heterocycles. The first-order valence-electron chi connectivity index (χ1n) is 4.90. The van der Waals surface area contributed by atoms with Crippen molar-refractivity contribution in [1.29, 1.82) is 0 Å². The molecule has 1 aromatic rings. The number of methoxy groups -OCH3 is 1. The van der Waals surface area contributed by atoms with Gasteiger partial charge in [0.25, 0.3) is 0 Å². The molecule has 88 valence electrons. The van der Waals surface area contributed by atoms with Crippen molar-refractivity contribution in [3.63, 3.8) is 0 Å². The summed E-state index contributed by atoms with van der Waals surface area (Å²) in [5.41, 5.74) is -0.247. The Morgan fingerprint density at radius 3 is 2.56 bits per heavy atom. The van der Waals surface area contributed by atoms with Crippen molar-refractivity contribution in [1.82, 2.24) is 0 Å². The highest BCUT2D eigenvalue weighted by atomic mass is 19.1. The van der Waals surface area contributed by atoms with Crippen LogP contribution in [0.2, 0.25) is 0 Å². The largest absolute Gasteiger partial charge is 0.496 e. The molecule has 0 spiro atoms. The molecular weight excluding hydrogens is 211 g/mol. The second-order valence-corrected chi connectivity index (χ2v) is 4.06. The van der Waals surface area contributed by atoms with Gasteiger partial charge in [0.2, 0.25) is 0 Å².